The third-order valence-corrected chi connectivity index (χ3v) is 5.15. The van der Waals surface area contributed by atoms with Crippen LogP contribution in [0.1, 0.15) is 71.5 Å². The van der Waals surface area contributed by atoms with Crippen LogP contribution in [0.5, 0.6) is 0 Å². The van der Waals surface area contributed by atoms with E-state index in [0.29, 0.717) is 12.1 Å². The summed E-state index contributed by atoms with van der Waals surface area (Å²) in [7, 11) is 0. The van der Waals surface area contributed by atoms with E-state index in [4.69, 9.17) is 5.10 Å². The van der Waals surface area contributed by atoms with Crippen molar-refractivity contribution >= 4 is 0 Å². The maximum absolute atomic E-state index is 4.79. The number of nitrogens with zero attached hydrogens (tertiary/aromatic N) is 2. The van der Waals surface area contributed by atoms with Gasteiger partial charge in [-0.15, -0.1) is 0 Å². The summed E-state index contributed by atoms with van der Waals surface area (Å²) in [6, 6.07) is 3.31. The number of hydrogen-bond donors (Lipinski definition) is 1. The van der Waals surface area contributed by atoms with Gasteiger partial charge in [0.15, 0.2) is 0 Å². The summed E-state index contributed by atoms with van der Waals surface area (Å²) in [5, 5.41) is 8.52. The smallest absolute Gasteiger partial charge is 0.0640 e. The Labute approximate surface area is 130 Å². The summed E-state index contributed by atoms with van der Waals surface area (Å²) < 4.78 is 2.13. The van der Waals surface area contributed by atoms with Crippen LogP contribution in [0, 0.1) is 11.8 Å². The van der Waals surface area contributed by atoms with Gasteiger partial charge in [0, 0.05) is 24.7 Å². The molecule has 21 heavy (non-hydrogen) atoms. The molecule has 1 aliphatic rings. The van der Waals surface area contributed by atoms with Gasteiger partial charge in [-0.1, -0.05) is 33.6 Å². The topological polar surface area (TPSA) is 29.9 Å². The van der Waals surface area contributed by atoms with Gasteiger partial charge >= 0.3 is 0 Å². The van der Waals surface area contributed by atoms with Crippen molar-refractivity contribution in [3.05, 3.63) is 18.0 Å². The van der Waals surface area contributed by atoms with E-state index in [1.807, 2.05) is 0 Å². The Morgan fingerprint density at radius 1 is 1.38 bits per heavy atom. The lowest BCUT2D eigenvalue weighted by molar-refractivity contribution is 0.221. The van der Waals surface area contributed by atoms with Gasteiger partial charge in [0.25, 0.3) is 0 Å². The quantitative estimate of drug-likeness (QED) is 0.816. The van der Waals surface area contributed by atoms with E-state index >= 15 is 0 Å². The molecule has 4 atom stereocenters. The predicted octanol–water partition coefficient (Wildman–Crippen LogP) is 4.20. The lowest BCUT2D eigenvalue weighted by atomic mass is 9.77. The van der Waals surface area contributed by atoms with Gasteiger partial charge in [-0.3, -0.25) is 4.68 Å². The van der Waals surface area contributed by atoms with Crippen LogP contribution >= 0.6 is 0 Å². The number of likely N-dealkylation sites (N-methyl/N-ethyl adjacent to an activating group) is 1. The van der Waals surface area contributed by atoms with Gasteiger partial charge in [0.2, 0.25) is 0 Å². The molecule has 2 rings (SSSR count). The van der Waals surface area contributed by atoms with E-state index in [9.17, 15) is 0 Å². The van der Waals surface area contributed by atoms with E-state index in [0.717, 1.165) is 31.2 Å². The molecule has 1 heterocycles. The van der Waals surface area contributed by atoms with E-state index in [1.165, 1.54) is 31.4 Å². The van der Waals surface area contributed by atoms with Gasteiger partial charge in [-0.05, 0) is 50.6 Å². The first-order valence-corrected chi connectivity index (χ1v) is 8.91. The monoisotopic (exact) mass is 291 g/mol. The Balaban J connectivity index is 2.00. The van der Waals surface area contributed by atoms with E-state index < -0.39 is 0 Å². The van der Waals surface area contributed by atoms with Gasteiger partial charge in [0.1, 0.15) is 0 Å². The second-order valence-corrected chi connectivity index (χ2v) is 6.94. The van der Waals surface area contributed by atoms with Crippen LogP contribution in [-0.4, -0.2) is 22.4 Å². The molecule has 0 spiro atoms. The number of aromatic nitrogens is 2. The summed E-state index contributed by atoms with van der Waals surface area (Å²) >= 11 is 0. The molecule has 4 unspecified atom stereocenters. The van der Waals surface area contributed by atoms with Crippen LogP contribution < -0.4 is 5.32 Å². The zero-order chi connectivity index (χ0) is 15.2. The third kappa shape index (κ3) is 4.57. The SMILES string of the molecule is CCNC(Cc1ccn(C(C)CC)n1)C1CCCC(C)C1. The van der Waals surface area contributed by atoms with E-state index in [1.54, 1.807) is 0 Å². The van der Waals surface area contributed by atoms with Crippen molar-refractivity contribution in [1.82, 2.24) is 15.1 Å². The van der Waals surface area contributed by atoms with Crippen LogP contribution in [0.25, 0.3) is 0 Å². The van der Waals surface area contributed by atoms with Crippen molar-refractivity contribution in [2.75, 3.05) is 6.54 Å². The van der Waals surface area contributed by atoms with Crippen LogP contribution in [0.2, 0.25) is 0 Å². The molecule has 1 saturated carbocycles. The largest absolute Gasteiger partial charge is 0.314 e. The molecule has 0 saturated heterocycles. The fourth-order valence-corrected chi connectivity index (χ4v) is 3.66. The standard InChI is InChI=1S/C18H33N3/c1-5-15(4)21-11-10-17(20-21)13-18(19-6-2)16-9-7-8-14(3)12-16/h10-11,14-16,18-19H,5-9,12-13H2,1-4H3. The Hall–Kier alpha value is -0.830. The normalized spacial score (nSPS) is 25.7. The van der Waals surface area contributed by atoms with Crippen molar-refractivity contribution in [1.29, 1.82) is 0 Å². The molecule has 0 radical (unpaired) electrons. The molecule has 120 valence electrons. The summed E-state index contributed by atoms with van der Waals surface area (Å²) in [6.07, 6.45) is 9.94. The first-order valence-electron chi connectivity index (χ1n) is 8.91. The zero-order valence-electron chi connectivity index (χ0n) is 14.3. The summed E-state index contributed by atoms with van der Waals surface area (Å²) in [6.45, 7) is 10.1. The molecule has 1 aliphatic carbocycles. The maximum Gasteiger partial charge on any atom is 0.0640 e. The minimum atomic E-state index is 0.506. The van der Waals surface area contributed by atoms with Crippen molar-refractivity contribution in [2.45, 2.75) is 78.3 Å². The second kappa shape index (κ2) is 7.98. The molecule has 1 fully saturated rings. The molecule has 1 aromatic heterocycles. The molecule has 3 nitrogen and oxygen atoms in total. The Morgan fingerprint density at radius 3 is 2.86 bits per heavy atom. The Kier molecular flexibility index (Phi) is 6.28. The highest BCUT2D eigenvalue weighted by Crippen LogP contribution is 2.31. The molecule has 0 bridgehead atoms. The maximum atomic E-state index is 4.79. The molecule has 3 heteroatoms. The lowest BCUT2D eigenvalue weighted by Gasteiger charge is -2.33. The average molecular weight is 291 g/mol. The highest BCUT2D eigenvalue weighted by atomic mass is 15.3. The summed E-state index contributed by atoms with van der Waals surface area (Å²) in [5.41, 5.74) is 1.25. The molecule has 0 aliphatic heterocycles. The van der Waals surface area contributed by atoms with Crippen LogP contribution in [0.15, 0.2) is 12.3 Å². The number of rotatable bonds is 7. The fourth-order valence-electron chi connectivity index (χ4n) is 3.66. The Bertz CT molecular complexity index is 412. The van der Waals surface area contributed by atoms with Gasteiger partial charge in [-0.25, -0.2) is 0 Å². The van der Waals surface area contributed by atoms with Crippen molar-refractivity contribution in [2.24, 2.45) is 11.8 Å². The Morgan fingerprint density at radius 2 is 2.19 bits per heavy atom. The van der Waals surface area contributed by atoms with E-state index in [-0.39, 0.29) is 0 Å². The van der Waals surface area contributed by atoms with Gasteiger partial charge < -0.3 is 5.32 Å². The zero-order valence-corrected chi connectivity index (χ0v) is 14.3. The average Bonchev–Trinajstić information content (AvgIpc) is 2.94. The molecular weight excluding hydrogens is 258 g/mol. The first-order chi connectivity index (χ1) is 10.1. The van der Waals surface area contributed by atoms with Crippen LogP contribution in [-0.2, 0) is 6.42 Å². The highest BCUT2D eigenvalue weighted by molar-refractivity contribution is 5.03. The minimum Gasteiger partial charge on any atom is -0.314 e. The molecule has 1 aromatic rings. The van der Waals surface area contributed by atoms with Gasteiger partial charge in [-0.2, -0.15) is 5.10 Å². The van der Waals surface area contributed by atoms with Crippen LogP contribution in [0.4, 0.5) is 0 Å². The number of hydrogen-bond acceptors (Lipinski definition) is 2. The molecule has 1 N–H and O–H groups in total. The van der Waals surface area contributed by atoms with Crippen LogP contribution in [0.3, 0.4) is 0 Å². The molecular formula is C18H33N3. The van der Waals surface area contributed by atoms with Gasteiger partial charge in [0.05, 0.1) is 5.69 Å². The highest BCUT2D eigenvalue weighted by Gasteiger charge is 2.26. The summed E-state index contributed by atoms with van der Waals surface area (Å²) in [5.74, 6) is 1.71. The number of nitrogens with one attached hydrogen (secondary N) is 1. The lowest BCUT2D eigenvalue weighted by Crippen LogP contribution is -2.40. The molecule has 0 aromatic carbocycles. The molecule has 0 amide bonds. The minimum absolute atomic E-state index is 0.506. The van der Waals surface area contributed by atoms with Crippen molar-refractivity contribution in [3.63, 3.8) is 0 Å². The predicted molar refractivity (Wildman–Crippen MR) is 89.5 cm³/mol. The fraction of sp³-hybridized carbons (Fsp3) is 0.833. The summed E-state index contributed by atoms with van der Waals surface area (Å²) in [4.78, 5) is 0. The van der Waals surface area contributed by atoms with Crippen molar-refractivity contribution in [3.8, 4) is 0 Å². The first kappa shape index (κ1) is 16.5. The van der Waals surface area contributed by atoms with E-state index in [2.05, 4.69) is 50.0 Å². The third-order valence-electron chi connectivity index (χ3n) is 5.15. The van der Waals surface area contributed by atoms with Crippen molar-refractivity contribution < 1.29 is 0 Å². The second-order valence-electron chi connectivity index (χ2n) is 6.94.